The number of carbonyl (C=O) groups excluding carboxylic acids is 3. The van der Waals surface area contributed by atoms with Crippen molar-refractivity contribution in [3.8, 4) is 16.9 Å². The molecule has 0 spiro atoms. The van der Waals surface area contributed by atoms with Gasteiger partial charge in [-0.2, -0.15) is 0 Å². The highest BCUT2D eigenvalue weighted by molar-refractivity contribution is 6.11. The first kappa shape index (κ1) is 29.9. The van der Waals surface area contributed by atoms with Crippen LogP contribution in [0.4, 0.5) is 5.69 Å². The van der Waals surface area contributed by atoms with Crippen molar-refractivity contribution in [2.24, 2.45) is 11.7 Å². The minimum Gasteiger partial charge on any atom is -0.496 e. The number of nitrogens with one attached hydrogen (secondary N) is 3. The van der Waals surface area contributed by atoms with Crippen LogP contribution >= 0.6 is 12.4 Å². The molecule has 1 fully saturated rings. The second-order valence-electron chi connectivity index (χ2n) is 9.03. The molecular formula is C29H30ClN5O5. The monoisotopic (exact) mass is 563 g/mol. The highest BCUT2D eigenvalue weighted by Gasteiger charge is 2.26. The van der Waals surface area contributed by atoms with E-state index in [1.807, 2.05) is 0 Å². The van der Waals surface area contributed by atoms with Gasteiger partial charge < -0.3 is 25.8 Å². The fourth-order valence-corrected chi connectivity index (χ4v) is 3.98. The molecule has 0 radical (unpaired) electrons. The zero-order chi connectivity index (χ0) is 28.1. The Morgan fingerprint density at radius 3 is 2.35 bits per heavy atom. The third-order valence-electron chi connectivity index (χ3n) is 6.33. The Morgan fingerprint density at radius 2 is 1.77 bits per heavy atom. The average molecular weight is 564 g/mol. The number of nitrogens with zero attached hydrogens (tertiary/aromatic N) is 1. The summed E-state index contributed by atoms with van der Waals surface area (Å²) in [5.41, 5.74) is 7.84. The van der Waals surface area contributed by atoms with Crippen LogP contribution < -0.4 is 21.1 Å². The van der Waals surface area contributed by atoms with E-state index in [4.69, 9.17) is 20.6 Å². The number of hydrogen-bond acceptors (Lipinski definition) is 7. The number of halogens is 1. The SMILES string of the molecule is C=Cc1cc(C(=O)Nc2ccc(C(=N)N)cc2)c(-c2ccc(C(=O)NCC3CC3)nc2C(=O)OC)cc1OC.Cl. The molecule has 0 saturated heterocycles. The lowest BCUT2D eigenvalue weighted by Crippen LogP contribution is -2.27. The lowest BCUT2D eigenvalue weighted by Gasteiger charge is -2.17. The van der Waals surface area contributed by atoms with E-state index in [-0.39, 0.29) is 40.8 Å². The van der Waals surface area contributed by atoms with Gasteiger partial charge in [0.1, 0.15) is 17.3 Å². The first-order valence-corrected chi connectivity index (χ1v) is 12.2. The number of esters is 1. The predicted molar refractivity (Wildman–Crippen MR) is 155 cm³/mol. The van der Waals surface area contributed by atoms with Gasteiger partial charge in [0, 0.05) is 40.0 Å². The number of ether oxygens (including phenoxy) is 2. The number of nitrogen functional groups attached to an aromatic ring is 1. The number of pyridine rings is 1. The Morgan fingerprint density at radius 1 is 1.07 bits per heavy atom. The molecule has 0 aliphatic heterocycles. The number of hydrogen-bond donors (Lipinski definition) is 4. The summed E-state index contributed by atoms with van der Waals surface area (Å²) in [6, 6.07) is 12.8. The first-order chi connectivity index (χ1) is 18.7. The number of nitrogens with two attached hydrogens (primary N) is 1. The topological polar surface area (TPSA) is 156 Å². The lowest BCUT2D eigenvalue weighted by atomic mass is 9.94. The van der Waals surface area contributed by atoms with Crippen molar-refractivity contribution < 1.29 is 23.9 Å². The second-order valence-corrected chi connectivity index (χ2v) is 9.03. The van der Waals surface area contributed by atoms with Crippen molar-refractivity contribution in [2.75, 3.05) is 26.1 Å². The molecule has 2 aromatic carbocycles. The van der Waals surface area contributed by atoms with Crippen LogP contribution in [-0.4, -0.2) is 49.4 Å². The van der Waals surface area contributed by atoms with Crippen molar-refractivity contribution >= 4 is 47.8 Å². The molecule has 1 aromatic heterocycles. The number of methoxy groups -OCH3 is 2. The molecule has 4 rings (SSSR count). The molecule has 0 unspecified atom stereocenters. The molecule has 1 aliphatic carbocycles. The van der Waals surface area contributed by atoms with Crippen molar-refractivity contribution in [3.05, 3.63) is 83.2 Å². The van der Waals surface area contributed by atoms with Crippen LogP contribution in [-0.2, 0) is 4.74 Å². The second kappa shape index (κ2) is 12.9. The summed E-state index contributed by atoms with van der Waals surface area (Å²) < 4.78 is 10.5. The molecular weight excluding hydrogens is 534 g/mol. The van der Waals surface area contributed by atoms with Crippen molar-refractivity contribution in [1.29, 1.82) is 5.41 Å². The van der Waals surface area contributed by atoms with Crippen LogP contribution in [0.2, 0.25) is 0 Å². The molecule has 3 aromatic rings. The van der Waals surface area contributed by atoms with Gasteiger partial charge in [-0.25, -0.2) is 9.78 Å². The zero-order valence-corrected chi connectivity index (χ0v) is 22.9. The number of rotatable bonds is 10. The number of aromatic nitrogens is 1. The van der Waals surface area contributed by atoms with Gasteiger partial charge in [-0.1, -0.05) is 12.7 Å². The number of amidine groups is 1. The molecule has 208 valence electrons. The minimum atomic E-state index is -0.764. The molecule has 1 saturated carbocycles. The van der Waals surface area contributed by atoms with E-state index in [9.17, 15) is 14.4 Å². The maximum Gasteiger partial charge on any atom is 0.357 e. The zero-order valence-electron chi connectivity index (χ0n) is 22.1. The normalized spacial score (nSPS) is 11.9. The van der Waals surface area contributed by atoms with E-state index in [0.29, 0.717) is 40.6 Å². The van der Waals surface area contributed by atoms with Gasteiger partial charge in [0.15, 0.2) is 5.69 Å². The molecule has 5 N–H and O–H groups in total. The van der Waals surface area contributed by atoms with Crippen LogP contribution in [0, 0.1) is 11.3 Å². The van der Waals surface area contributed by atoms with Gasteiger partial charge in [0.2, 0.25) is 0 Å². The van der Waals surface area contributed by atoms with Crippen molar-refractivity contribution in [1.82, 2.24) is 10.3 Å². The summed E-state index contributed by atoms with van der Waals surface area (Å²) in [5.74, 6) is -0.833. The third kappa shape index (κ3) is 6.65. The number of amides is 2. The van der Waals surface area contributed by atoms with Gasteiger partial charge in [-0.15, -0.1) is 12.4 Å². The quantitative estimate of drug-likeness (QED) is 0.163. The fraction of sp³-hybridized carbons (Fsp3) is 0.207. The Bertz CT molecular complexity index is 1470. The van der Waals surface area contributed by atoms with E-state index >= 15 is 0 Å². The molecule has 2 amide bonds. The number of anilines is 1. The predicted octanol–water partition coefficient (Wildman–Crippen LogP) is 4.28. The maximum absolute atomic E-state index is 13.5. The van der Waals surface area contributed by atoms with E-state index in [2.05, 4.69) is 22.2 Å². The molecule has 11 heteroatoms. The van der Waals surface area contributed by atoms with Gasteiger partial charge in [-0.3, -0.25) is 15.0 Å². The lowest BCUT2D eigenvalue weighted by molar-refractivity contribution is 0.0594. The van der Waals surface area contributed by atoms with Crippen LogP contribution in [0.1, 0.15) is 55.3 Å². The van der Waals surface area contributed by atoms with E-state index in [1.165, 1.54) is 20.3 Å². The van der Waals surface area contributed by atoms with Crippen molar-refractivity contribution in [2.45, 2.75) is 12.8 Å². The van der Waals surface area contributed by atoms with Crippen LogP contribution in [0.25, 0.3) is 17.2 Å². The molecule has 10 nitrogen and oxygen atoms in total. The summed E-state index contributed by atoms with van der Waals surface area (Å²) >= 11 is 0. The Hall–Kier alpha value is -4.70. The summed E-state index contributed by atoms with van der Waals surface area (Å²) in [4.78, 5) is 43.3. The third-order valence-corrected chi connectivity index (χ3v) is 6.33. The smallest absolute Gasteiger partial charge is 0.357 e. The Labute approximate surface area is 237 Å². The van der Waals surface area contributed by atoms with E-state index in [1.54, 1.807) is 48.5 Å². The summed E-state index contributed by atoms with van der Waals surface area (Å²) in [6.45, 7) is 4.35. The Balaban J connectivity index is 0.00000441. The first-order valence-electron chi connectivity index (χ1n) is 12.2. The molecule has 1 heterocycles. The van der Waals surface area contributed by atoms with E-state index in [0.717, 1.165) is 12.8 Å². The van der Waals surface area contributed by atoms with Gasteiger partial charge in [-0.05, 0) is 67.3 Å². The van der Waals surface area contributed by atoms with Crippen LogP contribution in [0.5, 0.6) is 5.75 Å². The molecule has 0 bridgehead atoms. The minimum absolute atomic E-state index is 0. The number of benzene rings is 2. The molecule has 0 atom stereocenters. The van der Waals surface area contributed by atoms with Crippen LogP contribution in [0.3, 0.4) is 0 Å². The van der Waals surface area contributed by atoms with Gasteiger partial charge >= 0.3 is 5.97 Å². The average Bonchev–Trinajstić information content (AvgIpc) is 3.79. The van der Waals surface area contributed by atoms with Crippen molar-refractivity contribution in [3.63, 3.8) is 0 Å². The molecule has 40 heavy (non-hydrogen) atoms. The molecule has 1 aliphatic rings. The number of carbonyl (C=O) groups is 3. The highest BCUT2D eigenvalue weighted by Crippen LogP contribution is 2.34. The Kier molecular flexibility index (Phi) is 9.63. The van der Waals surface area contributed by atoms with E-state index < -0.39 is 17.8 Å². The summed E-state index contributed by atoms with van der Waals surface area (Å²) in [5, 5.41) is 13.2. The van der Waals surface area contributed by atoms with Crippen LogP contribution in [0.15, 0.2) is 55.1 Å². The summed E-state index contributed by atoms with van der Waals surface area (Å²) in [7, 11) is 2.70. The maximum atomic E-state index is 13.5. The van der Waals surface area contributed by atoms with Gasteiger partial charge in [0.05, 0.1) is 14.2 Å². The standard InChI is InChI=1S/C29H29N5O5.ClH/c1-4-17-13-22(27(35)33-19-9-7-18(8-10-19)26(30)31)21(14-24(17)38-2)20-11-12-23(34-25(20)29(37)39-3)28(36)32-15-16-5-6-16;/h4,7-14,16H,1,5-6,15H2,2-3H3,(H3,30,31)(H,32,36)(H,33,35);1H. The summed E-state index contributed by atoms with van der Waals surface area (Å²) in [6.07, 6.45) is 3.70. The fourth-order valence-electron chi connectivity index (χ4n) is 3.98. The largest absolute Gasteiger partial charge is 0.496 e. The van der Waals surface area contributed by atoms with Gasteiger partial charge in [0.25, 0.3) is 11.8 Å². The highest BCUT2D eigenvalue weighted by atomic mass is 35.5.